The van der Waals surface area contributed by atoms with Crippen molar-refractivity contribution in [3.05, 3.63) is 42.1 Å². The third-order valence-corrected chi connectivity index (χ3v) is 6.67. The van der Waals surface area contributed by atoms with E-state index in [9.17, 15) is 4.79 Å². The van der Waals surface area contributed by atoms with Crippen molar-refractivity contribution in [2.75, 3.05) is 39.3 Å². The minimum absolute atomic E-state index is 0.0870. The highest BCUT2D eigenvalue weighted by atomic mass is 16.5. The molecule has 1 amide bonds. The SMILES string of the molecule is O=C(c1cnc2ccccc2c1)N1CCC[C@@]2(C[C@@H](CN3CCCC3)CO2)C1. The largest absolute Gasteiger partial charge is 0.373 e. The minimum Gasteiger partial charge on any atom is -0.373 e. The number of pyridine rings is 1. The Kier molecular flexibility index (Phi) is 4.81. The molecule has 0 N–H and O–H groups in total. The summed E-state index contributed by atoms with van der Waals surface area (Å²) in [4.78, 5) is 22.2. The molecule has 3 saturated heterocycles. The summed E-state index contributed by atoms with van der Waals surface area (Å²) >= 11 is 0. The molecule has 3 aliphatic heterocycles. The fraction of sp³-hybridized carbons (Fsp3) is 0.565. The average molecular weight is 380 g/mol. The lowest BCUT2D eigenvalue weighted by molar-refractivity contribution is -0.0450. The summed E-state index contributed by atoms with van der Waals surface area (Å²) in [6, 6.07) is 9.92. The second-order valence-corrected chi connectivity index (χ2v) is 8.82. The lowest BCUT2D eigenvalue weighted by Crippen LogP contribution is -2.50. The van der Waals surface area contributed by atoms with E-state index in [0.29, 0.717) is 11.5 Å². The number of hydrogen-bond acceptors (Lipinski definition) is 4. The molecule has 2 atom stereocenters. The van der Waals surface area contributed by atoms with E-state index in [1.54, 1.807) is 6.20 Å². The first-order valence-corrected chi connectivity index (χ1v) is 10.7. The van der Waals surface area contributed by atoms with Crippen LogP contribution in [0.25, 0.3) is 10.9 Å². The second-order valence-electron chi connectivity index (χ2n) is 8.82. The smallest absolute Gasteiger partial charge is 0.255 e. The number of rotatable bonds is 3. The van der Waals surface area contributed by atoms with Gasteiger partial charge in [0.25, 0.3) is 5.91 Å². The molecule has 5 heteroatoms. The van der Waals surface area contributed by atoms with E-state index in [0.717, 1.165) is 56.4 Å². The fourth-order valence-corrected chi connectivity index (χ4v) is 5.31. The molecule has 0 bridgehead atoms. The molecular formula is C23H29N3O2. The summed E-state index contributed by atoms with van der Waals surface area (Å²) in [5, 5.41) is 1.02. The lowest BCUT2D eigenvalue weighted by atomic mass is 9.86. The first-order valence-electron chi connectivity index (χ1n) is 10.7. The molecular weight excluding hydrogens is 350 g/mol. The monoisotopic (exact) mass is 379 g/mol. The molecule has 5 nitrogen and oxygen atoms in total. The van der Waals surface area contributed by atoms with Gasteiger partial charge in [0, 0.05) is 31.2 Å². The molecule has 5 rings (SSSR count). The van der Waals surface area contributed by atoms with Crippen molar-refractivity contribution in [1.29, 1.82) is 0 Å². The average Bonchev–Trinajstić information content (AvgIpc) is 3.38. The molecule has 2 aromatic rings. The Bertz CT molecular complexity index is 864. The maximum atomic E-state index is 13.2. The number of aromatic nitrogens is 1. The van der Waals surface area contributed by atoms with Crippen LogP contribution in [-0.2, 0) is 4.74 Å². The Labute approximate surface area is 166 Å². The first-order chi connectivity index (χ1) is 13.7. The van der Waals surface area contributed by atoms with E-state index in [2.05, 4.69) is 9.88 Å². The van der Waals surface area contributed by atoms with Gasteiger partial charge in [0.2, 0.25) is 0 Å². The van der Waals surface area contributed by atoms with Crippen molar-refractivity contribution in [3.63, 3.8) is 0 Å². The third-order valence-electron chi connectivity index (χ3n) is 6.67. The number of hydrogen-bond donors (Lipinski definition) is 0. The summed E-state index contributed by atoms with van der Waals surface area (Å²) in [5.41, 5.74) is 1.48. The summed E-state index contributed by atoms with van der Waals surface area (Å²) in [5.74, 6) is 0.694. The molecule has 1 aromatic heterocycles. The van der Waals surface area contributed by atoms with Crippen LogP contribution in [0, 0.1) is 5.92 Å². The molecule has 0 saturated carbocycles. The highest BCUT2D eigenvalue weighted by Gasteiger charge is 2.44. The van der Waals surface area contributed by atoms with Crippen molar-refractivity contribution in [3.8, 4) is 0 Å². The number of para-hydroxylation sites is 1. The zero-order chi connectivity index (χ0) is 19.0. The molecule has 28 heavy (non-hydrogen) atoms. The Morgan fingerprint density at radius 3 is 2.93 bits per heavy atom. The minimum atomic E-state index is -0.136. The number of likely N-dealkylation sites (tertiary alicyclic amines) is 2. The zero-order valence-corrected chi connectivity index (χ0v) is 16.5. The van der Waals surface area contributed by atoms with E-state index in [1.807, 2.05) is 35.2 Å². The van der Waals surface area contributed by atoms with Gasteiger partial charge in [0.05, 0.1) is 23.3 Å². The van der Waals surface area contributed by atoms with Crippen molar-refractivity contribution < 1.29 is 9.53 Å². The van der Waals surface area contributed by atoms with Gasteiger partial charge in [-0.05, 0) is 63.2 Å². The second kappa shape index (κ2) is 7.45. The molecule has 3 aliphatic rings. The van der Waals surface area contributed by atoms with Gasteiger partial charge < -0.3 is 14.5 Å². The molecule has 1 spiro atoms. The summed E-state index contributed by atoms with van der Waals surface area (Å²) in [6.07, 6.45) is 7.56. The molecule has 0 aliphatic carbocycles. The van der Waals surface area contributed by atoms with Gasteiger partial charge in [-0.1, -0.05) is 18.2 Å². The van der Waals surface area contributed by atoms with E-state index in [4.69, 9.17) is 4.74 Å². The Hall–Kier alpha value is -1.98. The normalized spacial score (nSPS) is 28.4. The Morgan fingerprint density at radius 2 is 2.04 bits per heavy atom. The van der Waals surface area contributed by atoms with E-state index >= 15 is 0 Å². The quantitative estimate of drug-likeness (QED) is 0.821. The number of piperidine rings is 1. The Morgan fingerprint density at radius 1 is 1.18 bits per heavy atom. The van der Waals surface area contributed by atoms with E-state index < -0.39 is 0 Å². The van der Waals surface area contributed by atoms with Crippen LogP contribution in [0.4, 0.5) is 0 Å². The Balaban J connectivity index is 1.27. The lowest BCUT2D eigenvalue weighted by Gasteiger charge is -2.40. The van der Waals surface area contributed by atoms with Gasteiger partial charge in [0.15, 0.2) is 0 Å². The summed E-state index contributed by atoms with van der Waals surface area (Å²) < 4.78 is 6.35. The number of benzene rings is 1. The van der Waals surface area contributed by atoms with Crippen LogP contribution < -0.4 is 0 Å². The molecule has 4 heterocycles. The van der Waals surface area contributed by atoms with Crippen LogP contribution >= 0.6 is 0 Å². The van der Waals surface area contributed by atoms with Crippen LogP contribution in [0.1, 0.15) is 42.5 Å². The number of carbonyl (C=O) groups excluding carboxylic acids is 1. The topological polar surface area (TPSA) is 45.7 Å². The standard InChI is InChI=1S/C23H29N3O2/c27-22(20-12-19-6-1-2-7-21(19)24-14-20)26-11-5-8-23(17-26)13-18(16-28-23)15-25-9-3-4-10-25/h1-2,6-7,12,14,18H,3-5,8-11,13,15-17H2/t18-,23+/m0/s1. The van der Waals surface area contributed by atoms with Crippen LogP contribution in [0.15, 0.2) is 36.5 Å². The summed E-state index contributed by atoms with van der Waals surface area (Å²) in [6.45, 7) is 6.01. The van der Waals surface area contributed by atoms with Crippen LogP contribution in [0.5, 0.6) is 0 Å². The number of nitrogens with zero attached hydrogens (tertiary/aromatic N) is 3. The van der Waals surface area contributed by atoms with Crippen LogP contribution in [0.2, 0.25) is 0 Å². The predicted molar refractivity (Wildman–Crippen MR) is 109 cm³/mol. The van der Waals surface area contributed by atoms with Gasteiger partial charge in [-0.3, -0.25) is 9.78 Å². The van der Waals surface area contributed by atoms with Crippen molar-refractivity contribution in [2.45, 2.75) is 37.7 Å². The number of amides is 1. The molecule has 3 fully saturated rings. The van der Waals surface area contributed by atoms with Crippen molar-refractivity contribution >= 4 is 16.8 Å². The van der Waals surface area contributed by atoms with Crippen LogP contribution in [0.3, 0.4) is 0 Å². The maximum Gasteiger partial charge on any atom is 0.255 e. The fourth-order valence-electron chi connectivity index (χ4n) is 5.31. The predicted octanol–water partition coefficient (Wildman–Crippen LogP) is 3.34. The van der Waals surface area contributed by atoms with E-state index in [1.165, 1.54) is 25.9 Å². The molecule has 1 aromatic carbocycles. The zero-order valence-electron chi connectivity index (χ0n) is 16.5. The molecule has 148 valence electrons. The molecule has 0 radical (unpaired) electrons. The number of ether oxygens (including phenoxy) is 1. The maximum absolute atomic E-state index is 13.2. The van der Waals surface area contributed by atoms with Crippen LogP contribution in [-0.4, -0.2) is 65.6 Å². The van der Waals surface area contributed by atoms with Gasteiger partial charge in [-0.15, -0.1) is 0 Å². The van der Waals surface area contributed by atoms with Gasteiger partial charge in [-0.2, -0.15) is 0 Å². The first kappa shape index (κ1) is 18.1. The number of fused-ring (bicyclic) bond motifs is 1. The highest BCUT2D eigenvalue weighted by Crippen LogP contribution is 2.38. The summed E-state index contributed by atoms with van der Waals surface area (Å²) in [7, 11) is 0. The van der Waals surface area contributed by atoms with Crippen molar-refractivity contribution in [1.82, 2.24) is 14.8 Å². The van der Waals surface area contributed by atoms with Gasteiger partial charge >= 0.3 is 0 Å². The molecule has 0 unspecified atom stereocenters. The van der Waals surface area contributed by atoms with Gasteiger partial charge in [-0.25, -0.2) is 0 Å². The highest BCUT2D eigenvalue weighted by molar-refractivity contribution is 5.97. The number of carbonyl (C=O) groups is 1. The van der Waals surface area contributed by atoms with Gasteiger partial charge in [0.1, 0.15) is 0 Å². The van der Waals surface area contributed by atoms with Crippen molar-refractivity contribution in [2.24, 2.45) is 5.92 Å². The van der Waals surface area contributed by atoms with E-state index in [-0.39, 0.29) is 11.5 Å². The third kappa shape index (κ3) is 3.53.